The Hall–Kier alpha value is -2.51. The SMILES string of the molecule is Cc1ccccc1-n1c(=O)c2c3c(sc2n2c(C)nnc12)COC(C)(C)C3. The highest BCUT2D eigenvalue weighted by atomic mass is 32.1. The molecule has 0 radical (unpaired) electrons. The van der Waals surface area contributed by atoms with E-state index >= 15 is 0 Å². The minimum absolute atomic E-state index is 0.0330. The monoisotopic (exact) mass is 380 g/mol. The van der Waals surface area contributed by atoms with E-state index in [1.807, 2.05) is 42.5 Å². The fraction of sp³-hybridized carbons (Fsp3) is 0.350. The predicted molar refractivity (Wildman–Crippen MR) is 106 cm³/mol. The van der Waals surface area contributed by atoms with Crippen molar-refractivity contribution in [2.75, 3.05) is 0 Å². The summed E-state index contributed by atoms with van der Waals surface area (Å²) in [5, 5.41) is 9.37. The zero-order chi connectivity index (χ0) is 18.9. The summed E-state index contributed by atoms with van der Waals surface area (Å²) in [4.78, 5) is 15.7. The highest BCUT2D eigenvalue weighted by Crippen LogP contribution is 2.38. The molecule has 0 bridgehead atoms. The number of thiophene rings is 1. The van der Waals surface area contributed by atoms with E-state index in [-0.39, 0.29) is 11.2 Å². The summed E-state index contributed by atoms with van der Waals surface area (Å²) in [6.07, 6.45) is 0.720. The van der Waals surface area contributed by atoms with E-state index in [4.69, 9.17) is 4.74 Å². The first kappa shape index (κ1) is 16.6. The molecular weight excluding hydrogens is 360 g/mol. The number of fused-ring (bicyclic) bond motifs is 5. The first-order chi connectivity index (χ1) is 12.9. The van der Waals surface area contributed by atoms with Crippen LogP contribution in [0.15, 0.2) is 29.1 Å². The van der Waals surface area contributed by atoms with Gasteiger partial charge in [-0.2, -0.15) is 0 Å². The second-order valence-electron chi connectivity index (χ2n) is 7.72. The molecular formula is C20H20N4O2S. The predicted octanol–water partition coefficient (Wildman–Crippen LogP) is 3.56. The minimum Gasteiger partial charge on any atom is -0.370 e. The van der Waals surface area contributed by atoms with Crippen LogP contribution in [0.1, 0.15) is 35.7 Å². The van der Waals surface area contributed by atoms with E-state index in [1.54, 1.807) is 15.9 Å². The summed E-state index contributed by atoms with van der Waals surface area (Å²) in [5.41, 5.74) is 2.66. The lowest BCUT2D eigenvalue weighted by molar-refractivity contribution is -0.0379. The van der Waals surface area contributed by atoms with Crippen molar-refractivity contribution >= 4 is 27.3 Å². The number of aryl methyl sites for hydroxylation is 2. The van der Waals surface area contributed by atoms with Crippen LogP contribution in [0.2, 0.25) is 0 Å². The standard InChI is InChI=1S/C20H20N4O2S/c1-11-7-5-6-8-14(11)24-17(25)16-13-9-20(3,4)26-10-15(13)27-18(16)23-12(2)21-22-19(23)24/h5-8H,9-10H2,1-4H3. The van der Waals surface area contributed by atoms with Crippen molar-refractivity contribution in [3.05, 3.63) is 56.4 Å². The third kappa shape index (κ3) is 2.31. The molecule has 138 valence electrons. The van der Waals surface area contributed by atoms with Crippen LogP contribution in [-0.4, -0.2) is 24.8 Å². The van der Waals surface area contributed by atoms with Crippen LogP contribution in [0.5, 0.6) is 0 Å². The third-order valence-electron chi connectivity index (χ3n) is 5.25. The number of hydrogen-bond acceptors (Lipinski definition) is 5. The van der Waals surface area contributed by atoms with Gasteiger partial charge in [-0.3, -0.25) is 9.20 Å². The van der Waals surface area contributed by atoms with Gasteiger partial charge in [0, 0.05) is 11.3 Å². The summed E-state index contributed by atoms with van der Waals surface area (Å²) in [6.45, 7) is 8.61. The van der Waals surface area contributed by atoms with Gasteiger partial charge in [0.25, 0.3) is 5.56 Å². The molecule has 1 aliphatic heterocycles. The summed E-state index contributed by atoms with van der Waals surface area (Å²) in [5.74, 6) is 1.33. The maximum atomic E-state index is 13.7. The Morgan fingerprint density at radius 3 is 2.74 bits per heavy atom. The van der Waals surface area contributed by atoms with E-state index in [0.29, 0.717) is 12.4 Å². The Balaban J connectivity index is 1.98. The fourth-order valence-corrected chi connectivity index (χ4v) is 5.15. The fourth-order valence-electron chi connectivity index (χ4n) is 3.88. The second kappa shape index (κ2) is 5.50. The van der Waals surface area contributed by atoms with Crippen molar-refractivity contribution in [3.63, 3.8) is 0 Å². The van der Waals surface area contributed by atoms with Crippen LogP contribution in [0.3, 0.4) is 0 Å². The molecule has 0 spiro atoms. The number of para-hydroxylation sites is 1. The highest BCUT2D eigenvalue weighted by molar-refractivity contribution is 7.18. The number of nitrogens with zero attached hydrogens (tertiary/aromatic N) is 4. The molecule has 5 rings (SSSR count). The molecule has 0 saturated heterocycles. The number of benzene rings is 1. The van der Waals surface area contributed by atoms with Gasteiger partial charge in [-0.05, 0) is 44.9 Å². The molecule has 0 aliphatic carbocycles. The molecule has 6 nitrogen and oxygen atoms in total. The van der Waals surface area contributed by atoms with Gasteiger partial charge in [0.2, 0.25) is 5.78 Å². The van der Waals surface area contributed by atoms with Gasteiger partial charge >= 0.3 is 0 Å². The Morgan fingerprint density at radius 1 is 1.19 bits per heavy atom. The average Bonchev–Trinajstić information content (AvgIpc) is 3.16. The van der Waals surface area contributed by atoms with Gasteiger partial charge < -0.3 is 4.74 Å². The molecule has 7 heteroatoms. The van der Waals surface area contributed by atoms with Crippen molar-refractivity contribution < 1.29 is 4.74 Å². The van der Waals surface area contributed by atoms with Gasteiger partial charge in [0.05, 0.1) is 23.3 Å². The zero-order valence-electron chi connectivity index (χ0n) is 15.7. The van der Waals surface area contributed by atoms with Crippen LogP contribution in [0.25, 0.3) is 21.7 Å². The number of aromatic nitrogens is 4. The first-order valence-electron chi connectivity index (χ1n) is 8.98. The van der Waals surface area contributed by atoms with Crippen LogP contribution < -0.4 is 5.56 Å². The maximum absolute atomic E-state index is 13.7. The molecule has 27 heavy (non-hydrogen) atoms. The number of hydrogen-bond donors (Lipinski definition) is 0. The number of rotatable bonds is 1. The zero-order valence-corrected chi connectivity index (χ0v) is 16.6. The molecule has 0 atom stereocenters. The summed E-state index contributed by atoms with van der Waals surface area (Å²) in [7, 11) is 0. The van der Waals surface area contributed by atoms with Gasteiger partial charge in [-0.1, -0.05) is 18.2 Å². The van der Waals surface area contributed by atoms with Gasteiger partial charge in [-0.15, -0.1) is 21.5 Å². The Morgan fingerprint density at radius 2 is 1.96 bits per heavy atom. The van der Waals surface area contributed by atoms with Crippen LogP contribution in [0.4, 0.5) is 0 Å². The van der Waals surface area contributed by atoms with Crippen molar-refractivity contribution in [2.24, 2.45) is 0 Å². The van der Waals surface area contributed by atoms with Crippen LogP contribution in [-0.2, 0) is 17.8 Å². The number of ether oxygens (including phenoxy) is 1. The van der Waals surface area contributed by atoms with Crippen molar-refractivity contribution in [2.45, 2.75) is 46.3 Å². The third-order valence-corrected chi connectivity index (χ3v) is 6.44. The van der Waals surface area contributed by atoms with Gasteiger partial charge in [0.1, 0.15) is 10.7 Å². The van der Waals surface area contributed by atoms with Crippen LogP contribution >= 0.6 is 11.3 Å². The van der Waals surface area contributed by atoms with E-state index in [1.165, 1.54) is 0 Å². The minimum atomic E-state index is -0.280. The summed E-state index contributed by atoms with van der Waals surface area (Å²) >= 11 is 1.62. The van der Waals surface area contributed by atoms with Crippen molar-refractivity contribution in [3.8, 4) is 5.69 Å². The van der Waals surface area contributed by atoms with E-state index in [0.717, 1.165) is 44.2 Å². The Labute approximate surface area is 160 Å². The normalized spacial score (nSPS) is 16.1. The Bertz CT molecular complexity index is 1280. The van der Waals surface area contributed by atoms with E-state index in [2.05, 4.69) is 24.0 Å². The van der Waals surface area contributed by atoms with Crippen molar-refractivity contribution in [1.29, 1.82) is 0 Å². The molecule has 4 heterocycles. The lowest BCUT2D eigenvalue weighted by Gasteiger charge is -2.29. The molecule has 4 aromatic rings. The maximum Gasteiger partial charge on any atom is 0.268 e. The molecule has 3 aromatic heterocycles. The topological polar surface area (TPSA) is 61.4 Å². The lowest BCUT2D eigenvalue weighted by Crippen LogP contribution is -2.32. The first-order valence-corrected chi connectivity index (χ1v) is 9.80. The van der Waals surface area contributed by atoms with Gasteiger partial charge in [0.15, 0.2) is 0 Å². The van der Waals surface area contributed by atoms with E-state index < -0.39 is 0 Å². The quantitative estimate of drug-likeness (QED) is 0.507. The molecule has 1 aliphatic rings. The lowest BCUT2D eigenvalue weighted by atomic mass is 9.94. The molecule has 0 amide bonds. The average molecular weight is 380 g/mol. The second-order valence-corrected chi connectivity index (χ2v) is 8.80. The van der Waals surface area contributed by atoms with Crippen molar-refractivity contribution in [1.82, 2.24) is 19.2 Å². The molecule has 0 N–H and O–H groups in total. The summed E-state index contributed by atoms with van der Waals surface area (Å²) < 4.78 is 9.68. The molecule has 0 saturated carbocycles. The molecule has 0 unspecified atom stereocenters. The molecule has 1 aromatic carbocycles. The van der Waals surface area contributed by atoms with Gasteiger partial charge in [-0.25, -0.2) is 4.57 Å². The highest BCUT2D eigenvalue weighted by Gasteiger charge is 2.32. The summed E-state index contributed by atoms with van der Waals surface area (Å²) in [6, 6.07) is 7.88. The van der Waals surface area contributed by atoms with E-state index in [9.17, 15) is 4.79 Å². The largest absolute Gasteiger partial charge is 0.370 e. The Kier molecular flexibility index (Phi) is 3.39. The molecule has 0 fully saturated rings. The smallest absolute Gasteiger partial charge is 0.268 e. The van der Waals surface area contributed by atoms with Crippen LogP contribution in [0, 0.1) is 13.8 Å².